The molecule has 1 fully saturated rings. The fourth-order valence-electron chi connectivity index (χ4n) is 1.16. The van der Waals surface area contributed by atoms with Crippen molar-refractivity contribution in [2.75, 3.05) is 5.75 Å². The van der Waals surface area contributed by atoms with Gasteiger partial charge >= 0.3 is 0 Å². The second-order valence-corrected chi connectivity index (χ2v) is 5.57. The standard InChI is InChI=1S/C8H14OS2.C2H6/c9-6-3-1-2-4-8-5-7-10-11-8;1-2/h6,8H,1-5,7H2;1-2H3. The van der Waals surface area contributed by atoms with Gasteiger partial charge in [0.25, 0.3) is 0 Å². The quantitative estimate of drug-likeness (QED) is 0.397. The Bertz CT molecular complexity index is 111. The molecular formula is C10H20OS2. The molecule has 1 aliphatic rings. The Morgan fingerprint density at radius 3 is 2.69 bits per heavy atom. The van der Waals surface area contributed by atoms with E-state index in [1.807, 2.05) is 35.4 Å². The summed E-state index contributed by atoms with van der Waals surface area (Å²) in [5.41, 5.74) is 0. The summed E-state index contributed by atoms with van der Waals surface area (Å²) in [7, 11) is 4.02. The van der Waals surface area contributed by atoms with Gasteiger partial charge in [-0.05, 0) is 19.3 Å². The molecule has 0 aromatic rings. The maximum Gasteiger partial charge on any atom is 0.119 e. The largest absolute Gasteiger partial charge is 0.303 e. The topological polar surface area (TPSA) is 17.1 Å². The van der Waals surface area contributed by atoms with E-state index in [0.29, 0.717) is 0 Å². The molecule has 1 atom stereocenters. The highest BCUT2D eigenvalue weighted by Gasteiger charge is 2.15. The fraction of sp³-hybridized carbons (Fsp3) is 0.900. The van der Waals surface area contributed by atoms with Gasteiger partial charge in [-0.2, -0.15) is 0 Å². The lowest BCUT2D eigenvalue weighted by Gasteiger charge is -2.04. The van der Waals surface area contributed by atoms with Gasteiger partial charge in [0.1, 0.15) is 6.29 Å². The summed E-state index contributed by atoms with van der Waals surface area (Å²) in [6, 6.07) is 0. The molecule has 0 aliphatic carbocycles. The van der Waals surface area contributed by atoms with E-state index in [1.54, 1.807) is 0 Å². The summed E-state index contributed by atoms with van der Waals surface area (Å²) in [4.78, 5) is 9.99. The van der Waals surface area contributed by atoms with Gasteiger partial charge in [0.05, 0.1) is 0 Å². The van der Waals surface area contributed by atoms with Gasteiger partial charge in [-0.25, -0.2) is 0 Å². The van der Waals surface area contributed by atoms with Crippen LogP contribution in [0.5, 0.6) is 0 Å². The molecule has 0 saturated carbocycles. The van der Waals surface area contributed by atoms with Crippen molar-refractivity contribution in [3.8, 4) is 0 Å². The van der Waals surface area contributed by atoms with Crippen LogP contribution in [-0.2, 0) is 4.79 Å². The Hall–Kier alpha value is 0.370. The number of hydrogen-bond donors (Lipinski definition) is 0. The van der Waals surface area contributed by atoms with Gasteiger partial charge < -0.3 is 4.79 Å². The molecule has 1 nitrogen and oxygen atoms in total. The summed E-state index contributed by atoms with van der Waals surface area (Å²) >= 11 is 0. The molecule has 3 heteroatoms. The van der Waals surface area contributed by atoms with Crippen molar-refractivity contribution in [1.29, 1.82) is 0 Å². The predicted molar refractivity (Wildman–Crippen MR) is 64.3 cm³/mol. The third-order valence-electron chi connectivity index (χ3n) is 1.83. The molecule has 0 aromatic carbocycles. The van der Waals surface area contributed by atoms with Crippen LogP contribution in [0, 0.1) is 0 Å². The molecule has 0 bridgehead atoms. The van der Waals surface area contributed by atoms with E-state index in [9.17, 15) is 4.79 Å². The Morgan fingerprint density at radius 2 is 2.15 bits per heavy atom. The van der Waals surface area contributed by atoms with Crippen molar-refractivity contribution < 1.29 is 4.79 Å². The number of unbranched alkanes of at least 4 members (excludes halogenated alkanes) is 2. The fourth-order valence-corrected chi connectivity index (χ4v) is 4.19. The third kappa shape index (κ3) is 7.44. The number of hydrogen-bond acceptors (Lipinski definition) is 3. The molecule has 1 rings (SSSR count). The number of carbonyl (C=O) groups excluding carboxylic acids is 1. The second-order valence-electron chi connectivity index (χ2n) is 2.78. The summed E-state index contributed by atoms with van der Waals surface area (Å²) in [6.07, 6.45) is 6.78. The van der Waals surface area contributed by atoms with Crippen molar-refractivity contribution in [3.63, 3.8) is 0 Å². The third-order valence-corrected chi connectivity index (χ3v) is 4.83. The van der Waals surface area contributed by atoms with E-state index < -0.39 is 0 Å². The molecule has 1 unspecified atom stereocenters. The van der Waals surface area contributed by atoms with Crippen LogP contribution in [0.1, 0.15) is 46.0 Å². The van der Waals surface area contributed by atoms with Gasteiger partial charge in [-0.3, -0.25) is 0 Å². The van der Waals surface area contributed by atoms with Crippen LogP contribution in [0.3, 0.4) is 0 Å². The first kappa shape index (κ1) is 13.4. The number of aldehydes is 1. The van der Waals surface area contributed by atoms with Gasteiger partial charge in [0.15, 0.2) is 0 Å². The molecule has 1 aliphatic heterocycles. The monoisotopic (exact) mass is 220 g/mol. The molecule has 13 heavy (non-hydrogen) atoms. The molecule has 0 radical (unpaired) electrons. The highest BCUT2D eigenvalue weighted by atomic mass is 33.1. The summed E-state index contributed by atoms with van der Waals surface area (Å²) in [6.45, 7) is 4.00. The van der Waals surface area contributed by atoms with E-state index in [-0.39, 0.29) is 0 Å². The minimum absolute atomic E-state index is 0.754. The maximum absolute atomic E-state index is 9.99. The lowest BCUT2D eigenvalue weighted by molar-refractivity contribution is -0.107. The van der Waals surface area contributed by atoms with E-state index >= 15 is 0 Å². The van der Waals surface area contributed by atoms with E-state index in [1.165, 1.54) is 25.0 Å². The molecule has 1 saturated heterocycles. The van der Waals surface area contributed by atoms with E-state index in [4.69, 9.17) is 0 Å². The van der Waals surface area contributed by atoms with E-state index in [0.717, 1.165) is 24.4 Å². The smallest absolute Gasteiger partial charge is 0.119 e. The zero-order valence-electron chi connectivity index (χ0n) is 8.62. The van der Waals surface area contributed by atoms with Crippen LogP contribution in [-0.4, -0.2) is 17.3 Å². The van der Waals surface area contributed by atoms with Crippen molar-refractivity contribution in [3.05, 3.63) is 0 Å². The average molecular weight is 220 g/mol. The van der Waals surface area contributed by atoms with Crippen molar-refractivity contribution in [1.82, 2.24) is 0 Å². The molecule has 0 amide bonds. The van der Waals surface area contributed by atoms with Gasteiger partial charge in [-0.15, -0.1) is 0 Å². The van der Waals surface area contributed by atoms with Crippen molar-refractivity contribution in [2.45, 2.75) is 51.2 Å². The SMILES string of the molecule is CC.O=CCCCCC1CCSS1. The number of rotatable bonds is 5. The first-order valence-electron chi connectivity index (χ1n) is 5.15. The highest BCUT2D eigenvalue weighted by molar-refractivity contribution is 8.77. The van der Waals surface area contributed by atoms with Crippen LogP contribution in [0.4, 0.5) is 0 Å². The van der Waals surface area contributed by atoms with Crippen molar-refractivity contribution in [2.24, 2.45) is 0 Å². The van der Waals surface area contributed by atoms with Crippen LogP contribution in [0.2, 0.25) is 0 Å². The van der Waals surface area contributed by atoms with Crippen LogP contribution in [0.15, 0.2) is 0 Å². The van der Waals surface area contributed by atoms with Crippen LogP contribution < -0.4 is 0 Å². The Morgan fingerprint density at radius 1 is 1.38 bits per heavy atom. The van der Waals surface area contributed by atoms with Crippen LogP contribution in [0.25, 0.3) is 0 Å². The van der Waals surface area contributed by atoms with Gasteiger partial charge in [0.2, 0.25) is 0 Å². The molecule has 1 heterocycles. The Labute approximate surface area is 89.8 Å². The normalized spacial score (nSPS) is 20.6. The molecule has 78 valence electrons. The molecule has 0 N–H and O–H groups in total. The van der Waals surface area contributed by atoms with Gasteiger partial charge in [0, 0.05) is 17.4 Å². The minimum atomic E-state index is 0.754. The molecular weight excluding hydrogens is 200 g/mol. The van der Waals surface area contributed by atoms with Crippen molar-refractivity contribution >= 4 is 27.9 Å². The summed E-state index contributed by atoms with van der Waals surface area (Å²) < 4.78 is 0. The lowest BCUT2D eigenvalue weighted by Crippen LogP contribution is -1.96. The lowest BCUT2D eigenvalue weighted by atomic mass is 10.1. The second kappa shape index (κ2) is 10.5. The number of carbonyl (C=O) groups is 1. The first-order chi connectivity index (χ1) is 6.43. The average Bonchev–Trinajstić information content (AvgIpc) is 2.68. The van der Waals surface area contributed by atoms with Gasteiger partial charge in [-0.1, -0.05) is 41.9 Å². The summed E-state index contributed by atoms with van der Waals surface area (Å²) in [5.74, 6) is 1.32. The summed E-state index contributed by atoms with van der Waals surface area (Å²) in [5, 5.41) is 0.881. The highest BCUT2D eigenvalue weighted by Crippen LogP contribution is 2.39. The molecule has 0 aromatic heterocycles. The van der Waals surface area contributed by atoms with E-state index in [2.05, 4.69) is 0 Å². The first-order valence-corrected chi connectivity index (χ1v) is 7.53. The molecule has 0 spiro atoms. The zero-order valence-corrected chi connectivity index (χ0v) is 10.3. The zero-order chi connectivity index (χ0) is 9.94. The minimum Gasteiger partial charge on any atom is -0.303 e. The van der Waals surface area contributed by atoms with Crippen LogP contribution >= 0.6 is 21.6 Å². The maximum atomic E-state index is 9.99. The Balaban J connectivity index is 0.000000671. The Kier molecular flexibility index (Phi) is 10.7. The predicted octanol–water partition coefficient (Wildman–Crippen LogP) is 3.93.